The molecule has 0 saturated carbocycles. The number of aryl methyl sites for hydroxylation is 1. The van der Waals surface area contributed by atoms with Crippen LogP contribution in [0.3, 0.4) is 0 Å². The molecule has 0 bridgehead atoms. The zero-order valence-electron chi connectivity index (χ0n) is 12.8. The largest absolute Gasteiger partial charge is 0.454 e. The molecule has 0 fully saturated rings. The molecule has 1 aliphatic rings. The summed E-state index contributed by atoms with van der Waals surface area (Å²) in [5.74, 6) is -0.747. The quantitative estimate of drug-likeness (QED) is 0.765. The van der Waals surface area contributed by atoms with Gasteiger partial charge in [0.15, 0.2) is 28.3 Å². The van der Waals surface area contributed by atoms with Crippen molar-refractivity contribution in [3.8, 4) is 11.5 Å². The van der Waals surface area contributed by atoms with Crippen LogP contribution in [0.15, 0.2) is 30.3 Å². The first-order chi connectivity index (χ1) is 12.1. The number of hydrogen-bond acceptors (Lipinski definition) is 5. The smallest absolute Gasteiger partial charge is 0.231 e. The van der Waals surface area contributed by atoms with Crippen molar-refractivity contribution < 1.29 is 23.0 Å². The van der Waals surface area contributed by atoms with Gasteiger partial charge in [-0.1, -0.05) is 17.4 Å². The van der Waals surface area contributed by atoms with Crippen LogP contribution in [-0.2, 0) is 11.2 Å². The standard InChI is InChI=1S/C17H12F2N2O3S/c18-10-6-12-15(7-11(10)19)25-17(20-12)21-16(22)4-2-9-1-3-13-14(5-9)24-8-23-13/h1,3,5-7H,2,4,8H2,(H,20,21,22). The number of rotatable bonds is 4. The van der Waals surface area contributed by atoms with E-state index in [1.165, 1.54) is 0 Å². The fourth-order valence-corrected chi connectivity index (χ4v) is 3.40. The number of carbonyl (C=O) groups is 1. The molecule has 3 aromatic rings. The predicted octanol–water partition coefficient (Wildman–Crippen LogP) is 3.87. The lowest BCUT2D eigenvalue weighted by atomic mass is 10.1. The molecule has 8 heteroatoms. The summed E-state index contributed by atoms with van der Waals surface area (Å²) in [5.41, 5.74) is 1.27. The van der Waals surface area contributed by atoms with Gasteiger partial charge in [0.25, 0.3) is 0 Å². The average molecular weight is 362 g/mol. The van der Waals surface area contributed by atoms with E-state index in [2.05, 4.69) is 10.3 Å². The predicted molar refractivity (Wildman–Crippen MR) is 89.1 cm³/mol. The topological polar surface area (TPSA) is 60.5 Å². The summed E-state index contributed by atoms with van der Waals surface area (Å²) in [4.78, 5) is 16.2. The number of nitrogens with one attached hydrogen (secondary N) is 1. The van der Waals surface area contributed by atoms with Crippen LogP contribution in [-0.4, -0.2) is 17.7 Å². The molecule has 2 aromatic carbocycles. The molecule has 1 aromatic heterocycles. The third-order valence-electron chi connectivity index (χ3n) is 3.75. The first-order valence-electron chi connectivity index (χ1n) is 7.52. The van der Waals surface area contributed by atoms with Crippen LogP contribution in [0, 0.1) is 11.6 Å². The summed E-state index contributed by atoms with van der Waals surface area (Å²) in [5, 5.41) is 2.98. The third-order valence-corrected chi connectivity index (χ3v) is 4.69. The molecule has 0 radical (unpaired) electrons. The average Bonchev–Trinajstić information content (AvgIpc) is 3.19. The van der Waals surface area contributed by atoms with Crippen molar-refractivity contribution >= 4 is 32.6 Å². The fourth-order valence-electron chi connectivity index (χ4n) is 2.51. The van der Waals surface area contributed by atoms with Crippen LogP contribution in [0.5, 0.6) is 11.5 Å². The molecule has 128 valence electrons. The van der Waals surface area contributed by atoms with E-state index in [9.17, 15) is 13.6 Å². The van der Waals surface area contributed by atoms with Crippen molar-refractivity contribution in [3.05, 3.63) is 47.5 Å². The van der Waals surface area contributed by atoms with E-state index in [0.29, 0.717) is 33.3 Å². The molecular formula is C17H12F2N2O3S. The highest BCUT2D eigenvalue weighted by atomic mass is 32.1. The van der Waals surface area contributed by atoms with Gasteiger partial charge in [-0.15, -0.1) is 0 Å². The van der Waals surface area contributed by atoms with Crippen LogP contribution in [0.2, 0.25) is 0 Å². The van der Waals surface area contributed by atoms with Crippen LogP contribution in [0.25, 0.3) is 10.2 Å². The molecule has 1 N–H and O–H groups in total. The van der Waals surface area contributed by atoms with Crippen molar-refractivity contribution in [2.45, 2.75) is 12.8 Å². The van der Waals surface area contributed by atoms with Crippen molar-refractivity contribution in [2.75, 3.05) is 12.1 Å². The van der Waals surface area contributed by atoms with Crippen molar-refractivity contribution in [1.82, 2.24) is 4.98 Å². The highest BCUT2D eigenvalue weighted by molar-refractivity contribution is 7.22. The van der Waals surface area contributed by atoms with Gasteiger partial charge in [-0.05, 0) is 30.2 Å². The second kappa shape index (κ2) is 6.29. The molecule has 4 rings (SSSR count). The Balaban J connectivity index is 1.40. The lowest BCUT2D eigenvalue weighted by Gasteiger charge is -2.03. The Morgan fingerprint density at radius 2 is 1.96 bits per heavy atom. The van der Waals surface area contributed by atoms with Gasteiger partial charge in [-0.2, -0.15) is 0 Å². The summed E-state index contributed by atoms with van der Waals surface area (Å²) in [7, 11) is 0. The summed E-state index contributed by atoms with van der Waals surface area (Å²) in [6, 6.07) is 7.63. The van der Waals surface area contributed by atoms with Gasteiger partial charge in [0.1, 0.15) is 0 Å². The first-order valence-corrected chi connectivity index (χ1v) is 8.34. The lowest BCUT2D eigenvalue weighted by Crippen LogP contribution is -2.12. The lowest BCUT2D eigenvalue weighted by molar-refractivity contribution is -0.116. The Morgan fingerprint density at radius 1 is 1.16 bits per heavy atom. The molecule has 5 nitrogen and oxygen atoms in total. The van der Waals surface area contributed by atoms with E-state index < -0.39 is 11.6 Å². The first kappa shape index (κ1) is 15.8. The molecule has 0 unspecified atom stereocenters. The van der Waals surface area contributed by atoms with E-state index >= 15 is 0 Å². The summed E-state index contributed by atoms with van der Waals surface area (Å²) in [6.07, 6.45) is 0.773. The fraction of sp³-hybridized carbons (Fsp3) is 0.176. The molecule has 2 heterocycles. The molecule has 1 aliphatic heterocycles. The van der Waals surface area contributed by atoms with Crippen molar-refractivity contribution in [1.29, 1.82) is 0 Å². The maximum Gasteiger partial charge on any atom is 0.231 e. The van der Waals surface area contributed by atoms with Crippen molar-refractivity contribution in [3.63, 3.8) is 0 Å². The molecule has 25 heavy (non-hydrogen) atoms. The molecular weight excluding hydrogens is 350 g/mol. The van der Waals surface area contributed by atoms with E-state index in [-0.39, 0.29) is 19.1 Å². The highest BCUT2D eigenvalue weighted by Crippen LogP contribution is 2.33. The Labute approximate surface area is 145 Å². The summed E-state index contributed by atoms with van der Waals surface area (Å²) in [6.45, 7) is 0.206. The third kappa shape index (κ3) is 3.25. The number of benzene rings is 2. The number of thiazole rings is 1. The number of amides is 1. The van der Waals surface area contributed by atoms with Crippen LogP contribution >= 0.6 is 11.3 Å². The SMILES string of the molecule is O=C(CCc1ccc2c(c1)OCO2)Nc1nc2cc(F)c(F)cc2s1. The van der Waals surface area contributed by atoms with E-state index in [0.717, 1.165) is 29.0 Å². The van der Waals surface area contributed by atoms with E-state index in [4.69, 9.17) is 9.47 Å². The number of nitrogens with zero attached hydrogens (tertiary/aromatic N) is 1. The van der Waals surface area contributed by atoms with Gasteiger partial charge >= 0.3 is 0 Å². The Hall–Kier alpha value is -2.74. The molecule has 0 spiro atoms. The maximum atomic E-state index is 13.2. The minimum Gasteiger partial charge on any atom is -0.454 e. The van der Waals surface area contributed by atoms with Gasteiger partial charge in [-0.3, -0.25) is 4.79 Å². The number of fused-ring (bicyclic) bond motifs is 2. The molecule has 0 atom stereocenters. The monoisotopic (exact) mass is 362 g/mol. The van der Waals surface area contributed by atoms with Crippen molar-refractivity contribution in [2.24, 2.45) is 0 Å². The van der Waals surface area contributed by atoms with Gasteiger partial charge in [-0.25, -0.2) is 13.8 Å². The maximum absolute atomic E-state index is 13.2. The molecule has 0 saturated heterocycles. The second-order valence-electron chi connectivity index (χ2n) is 5.49. The van der Waals surface area contributed by atoms with Crippen LogP contribution in [0.4, 0.5) is 13.9 Å². The number of halogens is 2. The van der Waals surface area contributed by atoms with Gasteiger partial charge in [0.05, 0.1) is 10.2 Å². The Kier molecular flexibility index (Phi) is 3.96. The Bertz CT molecular complexity index is 935. The Morgan fingerprint density at radius 3 is 2.84 bits per heavy atom. The molecule has 1 amide bonds. The van der Waals surface area contributed by atoms with E-state index in [1.54, 1.807) is 0 Å². The summed E-state index contributed by atoms with van der Waals surface area (Å²) >= 11 is 1.10. The van der Waals surface area contributed by atoms with Gasteiger partial charge < -0.3 is 14.8 Å². The normalized spacial score (nSPS) is 12.6. The number of aromatic nitrogens is 1. The molecule has 0 aliphatic carbocycles. The van der Waals surface area contributed by atoms with Gasteiger partial charge in [0.2, 0.25) is 12.7 Å². The van der Waals surface area contributed by atoms with E-state index in [1.807, 2.05) is 18.2 Å². The number of carbonyl (C=O) groups excluding carboxylic acids is 1. The second-order valence-corrected chi connectivity index (χ2v) is 6.52. The van der Waals surface area contributed by atoms with Gasteiger partial charge in [0, 0.05) is 12.5 Å². The number of anilines is 1. The minimum atomic E-state index is -0.960. The zero-order valence-corrected chi connectivity index (χ0v) is 13.7. The summed E-state index contributed by atoms with van der Waals surface area (Å²) < 4.78 is 37.4. The van der Waals surface area contributed by atoms with Crippen LogP contribution in [0.1, 0.15) is 12.0 Å². The van der Waals surface area contributed by atoms with Crippen LogP contribution < -0.4 is 14.8 Å². The number of ether oxygens (including phenoxy) is 2. The zero-order chi connectivity index (χ0) is 17.4. The number of hydrogen-bond donors (Lipinski definition) is 1. The minimum absolute atomic E-state index is 0.206. The highest BCUT2D eigenvalue weighted by Gasteiger charge is 2.14.